The van der Waals surface area contributed by atoms with E-state index in [9.17, 15) is 0 Å². The van der Waals surface area contributed by atoms with Crippen LogP contribution >= 0.6 is 0 Å². The number of benzene rings is 3. The highest BCUT2D eigenvalue weighted by molar-refractivity contribution is 5.91. The second-order valence-electron chi connectivity index (χ2n) is 6.26. The quantitative estimate of drug-likeness (QED) is 0.553. The maximum Gasteiger partial charge on any atom is 0.139 e. The lowest BCUT2D eigenvalue weighted by atomic mass is 9.99. The van der Waals surface area contributed by atoms with E-state index < -0.39 is 0 Å². The van der Waals surface area contributed by atoms with Crippen molar-refractivity contribution in [2.75, 3.05) is 0 Å². The summed E-state index contributed by atoms with van der Waals surface area (Å²) in [5, 5.41) is 9.08. The highest BCUT2D eigenvalue weighted by atomic mass is 14.9. The number of H-pyrrole nitrogens is 1. The number of nitriles is 1. The highest BCUT2D eigenvalue weighted by Gasteiger charge is 2.28. The molecular formula is C21H14N4. The second kappa shape index (κ2) is 5.04. The van der Waals surface area contributed by atoms with E-state index in [1.807, 2.05) is 24.3 Å². The summed E-state index contributed by atoms with van der Waals surface area (Å²) < 4.78 is 0. The van der Waals surface area contributed by atoms with Gasteiger partial charge in [-0.3, -0.25) is 0 Å². The van der Waals surface area contributed by atoms with E-state index in [0.717, 1.165) is 39.1 Å². The Kier molecular flexibility index (Phi) is 2.81. The maximum absolute atomic E-state index is 9.08. The molecule has 4 nitrogen and oxygen atoms in total. The maximum atomic E-state index is 9.08. The first-order chi connectivity index (χ1) is 12.3. The molecule has 0 spiro atoms. The number of nitrogens with zero attached hydrogens (tertiary/aromatic N) is 2. The van der Waals surface area contributed by atoms with Crippen LogP contribution in [0.5, 0.6) is 0 Å². The number of nitrogens with one attached hydrogen (secondary N) is 1. The molecule has 0 aliphatic heterocycles. The molecule has 0 bridgehead atoms. The zero-order valence-corrected chi connectivity index (χ0v) is 13.3. The molecule has 1 aromatic heterocycles. The molecule has 5 rings (SSSR count). The van der Waals surface area contributed by atoms with Gasteiger partial charge in [-0.1, -0.05) is 42.5 Å². The van der Waals surface area contributed by atoms with E-state index in [1.165, 1.54) is 5.56 Å². The molecule has 0 amide bonds. The SMILES string of the molecule is N#Cc1ccc2[nH]c(-c3cccc4c3-c3ccccc3C4N)nc2c1. The third-order valence-corrected chi connectivity index (χ3v) is 4.86. The highest BCUT2D eigenvalue weighted by Crippen LogP contribution is 2.46. The lowest BCUT2D eigenvalue weighted by Gasteiger charge is -2.08. The summed E-state index contributed by atoms with van der Waals surface area (Å²) >= 11 is 0. The summed E-state index contributed by atoms with van der Waals surface area (Å²) in [6.07, 6.45) is 0. The van der Waals surface area contributed by atoms with Gasteiger partial charge < -0.3 is 10.7 Å². The Morgan fingerprint density at radius 2 is 1.76 bits per heavy atom. The van der Waals surface area contributed by atoms with Crippen molar-refractivity contribution in [3.05, 3.63) is 77.4 Å². The number of rotatable bonds is 1. The summed E-state index contributed by atoms with van der Waals surface area (Å²) in [5.41, 5.74) is 14.4. The Bertz CT molecular complexity index is 1180. The Morgan fingerprint density at radius 3 is 2.64 bits per heavy atom. The van der Waals surface area contributed by atoms with E-state index in [2.05, 4.69) is 35.3 Å². The average molecular weight is 322 g/mol. The number of imidazole rings is 1. The predicted octanol–water partition coefficient (Wildman–Crippen LogP) is 4.13. The van der Waals surface area contributed by atoms with Gasteiger partial charge in [0.15, 0.2) is 0 Å². The van der Waals surface area contributed by atoms with Gasteiger partial charge in [0.1, 0.15) is 5.82 Å². The van der Waals surface area contributed by atoms with Crippen LogP contribution in [0, 0.1) is 11.3 Å². The first-order valence-corrected chi connectivity index (χ1v) is 8.14. The Labute approximate surface area is 144 Å². The van der Waals surface area contributed by atoms with Crippen LogP contribution in [0.1, 0.15) is 22.7 Å². The van der Waals surface area contributed by atoms with E-state index in [-0.39, 0.29) is 6.04 Å². The lowest BCUT2D eigenvalue weighted by Crippen LogP contribution is -2.07. The van der Waals surface area contributed by atoms with Crippen LogP contribution in [0.25, 0.3) is 33.5 Å². The van der Waals surface area contributed by atoms with Crippen molar-refractivity contribution in [1.82, 2.24) is 9.97 Å². The molecule has 0 fully saturated rings. The minimum Gasteiger partial charge on any atom is -0.338 e. The Balaban J connectivity index is 1.77. The number of fused-ring (bicyclic) bond motifs is 4. The average Bonchev–Trinajstić information content (AvgIpc) is 3.21. The van der Waals surface area contributed by atoms with Crippen LogP contribution in [0.4, 0.5) is 0 Å². The van der Waals surface area contributed by atoms with Gasteiger partial charge in [-0.15, -0.1) is 0 Å². The van der Waals surface area contributed by atoms with Crippen molar-refractivity contribution in [2.24, 2.45) is 5.73 Å². The molecule has 1 heterocycles. The van der Waals surface area contributed by atoms with Crippen LogP contribution in [0.3, 0.4) is 0 Å². The fourth-order valence-electron chi connectivity index (χ4n) is 3.69. The van der Waals surface area contributed by atoms with Crippen LogP contribution in [0.15, 0.2) is 60.7 Å². The zero-order valence-electron chi connectivity index (χ0n) is 13.3. The van der Waals surface area contributed by atoms with Crippen molar-refractivity contribution in [3.8, 4) is 28.6 Å². The zero-order chi connectivity index (χ0) is 17.0. The number of nitrogens with two attached hydrogens (primary N) is 1. The fourth-order valence-corrected chi connectivity index (χ4v) is 3.69. The first-order valence-electron chi connectivity index (χ1n) is 8.14. The van der Waals surface area contributed by atoms with E-state index in [4.69, 9.17) is 16.0 Å². The molecule has 4 aromatic rings. The molecule has 25 heavy (non-hydrogen) atoms. The number of aromatic nitrogens is 2. The third kappa shape index (κ3) is 1.94. The van der Waals surface area contributed by atoms with E-state index in [0.29, 0.717) is 5.56 Å². The molecule has 118 valence electrons. The number of hydrogen-bond donors (Lipinski definition) is 2. The third-order valence-electron chi connectivity index (χ3n) is 4.86. The summed E-state index contributed by atoms with van der Waals surface area (Å²) in [6.45, 7) is 0. The van der Waals surface area contributed by atoms with Gasteiger partial charge in [0.2, 0.25) is 0 Å². The molecule has 1 aliphatic rings. The largest absolute Gasteiger partial charge is 0.338 e. The molecule has 3 aromatic carbocycles. The van der Waals surface area contributed by atoms with Gasteiger partial charge in [0, 0.05) is 5.56 Å². The predicted molar refractivity (Wildman–Crippen MR) is 97.7 cm³/mol. The van der Waals surface area contributed by atoms with Gasteiger partial charge in [-0.05, 0) is 40.5 Å². The summed E-state index contributed by atoms with van der Waals surface area (Å²) in [6, 6.07) is 22.0. The second-order valence-corrected chi connectivity index (χ2v) is 6.26. The molecule has 0 saturated heterocycles. The van der Waals surface area contributed by atoms with Crippen LogP contribution in [-0.2, 0) is 0 Å². The summed E-state index contributed by atoms with van der Waals surface area (Å²) in [4.78, 5) is 8.10. The molecule has 4 heteroatoms. The molecule has 0 saturated carbocycles. The monoisotopic (exact) mass is 322 g/mol. The number of aromatic amines is 1. The lowest BCUT2D eigenvalue weighted by molar-refractivity contribution is 0.901. The van der Waals surface area contributed by atoms with Gasteiger partial charge in [0.25, 0.3) is 0 Å². The van der Waals surface area contributed by atoms with Gasteiger partial charge in [-0.25, -0.2) is 4.98 Å². The minimum atomic E-state index is -0.110. The van der Waals surface area contributed by atoms with Gasteiger partial charge in [0.05, 0.1) is 28.7 Å². The minimum absolute atomic E-state index is 0.110. The Hall–Kier alpha value is -3.42. The molecule has 1 aliphatic carbocycles. The van der Waals surface area contributed by atoms with Crippen molar-refractivity contribution < 1.29 is 0 Å². The van der Waals surface area contributed by atoms with Crippen LogP contribution in [0.2, 0.25) is 0 Å². The first kappa shape index (κ1) is 14.0. The van der Waals surface area contributed by atoms with Crippen LogP contribution < -0.4 is 5.73 Å². The molecule has 1 atom stereocenters. The van der Waals surface area contributed by atoms with Crippen molar-refractivity contribution >= 4 is 11.0 Å². The van der Waals surface area contributed by atoms with Gasteiger partial charge in [-0.2, -0.15) is 5.26 Å². The van der Waals surface area contributed by atoms with Crippen molar-refractivity contribution in [2.45, 2.75) is 6.04 Å². The number of hydrogen-bond acceptors (Lipinski definition) is 3. The topological polar surface area (TPSA) is 78.5 Å². The smallest absolute Gasteiger partial charge is 0.139 e. The summed E-state index contributed by atoms with van der Waals surface area (Å²) in [5.74, 6) is 0.797. The van der Waals surface area contributed by atoms with Crippen molar-refractivity contribution in [1.29, 1.82) is 5.26 Å². The molecule has 1 unspecified atom stereocenters. The van der Waals surface area contributed by atoms with Gasteiger partial charge >= 0.3 is 0 Å². The summed E-state index contributed by atoms with van der Waals surface area (Å²) in [7, 11) is 0. The molecule has 3 N–H and O–H groups in total. The van der Waals surface area contributed by atoms with Crippen molar-refractivity contribution in [3.63, 3.8) is 0 Å². The normalized spacial score (nSPS) is 15.0. The standard InChI is InChI=1S/C21H14N4/c22-11-12-8-9-17-18(10-12)25-21(24-17)16-7-3-6-15-19(16)13-4-1-2-5-14(13)20(15)23/h1-10,20H,23H2,(H,24,25). The Morgan fingerprint density at radius 1 is 0.960 bits per heavy atom. The van der Waals surface area contributed by atoms with E-state index >= 15 is 0 Å². The fraction of sp³-hybridized carbons (Fsp3) is 0.0476. The molecular weight excluding hydrogens is 308 g/mol. The van der Waals surface area contributed by atoms with E-state index in [1.54, 1.807) is 12.1 Å². The molecule has 0 radical (unpaired) electrons. The van der Waals surface area contributed by atoms with Crippen LogP contribution in [-0.4, -0.2) is 9.97 Å².